The number of carbonyl (C=O) groups excluding carboxylic acids is 1. The van der Waals surface area contributed by atoms with E-state index in [1.165, 1.54) is 4.31 Å². The molecule has 2 aliphatic rings. The van der Waals surface area contributed by atoms with Crippen LogP contribution in [0.3, 0.4) is 0 Å². The third-order valence-electron chi connectivity index (χ3n) is 5.63. The van der Waals surface area contributed by atoms with Gasteiger partial charge in [-0.25, -0.2) is 8.42 Å². The number of fused-ring (bicyclic) bond motifs is 1. The van der Waals surface area contributed by atoms with Crippen LogP contribution in [0.25, 0.3) is 5.57 Å². The lowest BCUT2D eigenvalue weighted by molar-refractivity contribution is -0.116. The van der Waals surface area contributed by atoms with Gasteiger partial charge in [-0.05, 0) is 44.2 Å². The van der Waals surface area contributed by atoms with E-state index in [-0.39, 0.29) is 11.4 Å². The van der Waals surface area contributed by atoms with Gasteiger partial charge in [-0.15, -0.1) is 0 Å². The minimum absolute atomic E-state index is 0.175. The van der Waals surface area contributed by atoms with Crippen LogP contribution in [0.1, 0.15) is 43.7 Å². The van der Waals surface area contributed by atoms with Gasteiger partial charge in [0.15, 0.2) is 4.91 Å². The molecule has 2 aromatic rings. The summed E-state index contributed by atoms with van der Waals surface area (Å²) in [5, 5.41) is 2.88. The van der Waals surface area contributed by atoms with E-state index in [2.05, 4.69) is 11.4 Å². The SMILES string of the molecule is CCN1c2ccccc2C(c2ccccc2)=C(C(=O)NCC2=CCCCC2)S1(=O)=O. The number of hydrogen-bond acceptors (Lipinski definition) is 3. The molecule has 6 heteroatoms. The lowest BCUT2D eigenvalue weighted by atomic mass is 9.95. The first-order valence-corrected chi connectivity index (χ1v) is 11.9. The van der Waals surface area contributed by atoms with Crippen LogP contribution in [0.2, 0.25) is 0 Å². The number of allylic oxidation sites excluding steroid dienone is 1. The molecule has 1 aliphatic heterocycles. The maximum absolute atomic E-state index is 13.6. The molecule has 0 atom stereocenters. The Morgan fingerprint density at radius 3 is 2.47 bits per heavy atom. The van der Waals surface area contributed by atoms with Crippen molar-refractivity contribution in [2.75, 3.05) is 17.4 Å². The van der Waals surface area contributed by atoms with E-state index in [1.807, 2.05) is 48.5 Å². The van der Waals surface area contributed by atoms with Gasteiger partial charge in [0.25, 0.3) is 15.9 Å². The lowest BCUT2D eigenvalue weighted by Gasteiger charge is -2.32. The predicted molar refractivity (Wildman–Crippen MR) is 120 cm³/mol. The normalized spacial score (nSPS) is 17.9. The zero-order valence-corrected chi connectivity index (χ0v) is 17.9. The van der Waals surface area contributed by atoms with Crippen molar-refractivity contribution in [1.82, 2.24) is 5.32 Å². The lowest BCUT2D eigenvalue weighted by Crippen LogP contribution is -2.41. The van der Waals surface area contributed by atoms with Gasteiger partial charge in [0.1, 0.15) is 0 Å². The first-order valence-electron chi connectivity index (χ1n) is 10.4. The molecule has 5 nitrogen and oxygen atoms in total. The van der Waals surface area contributed by atoms with Crippen LogP contribution >= 0.6 is 0 Å². The number of rotatable bonds is 5. The van der Waals surface area contributed by atoms with E-state index in [0.29, 0.717) is 23.4 Å². The van der Waals surface area contributed by atoms with Crippen molar-refractivity contribution in [3.05, 3.63) is 82.3 Å². The van der Waals surface area contributed by atoms with Gasteiger partial charge in [-0.3, -0.25) is 9.10 Å². The second kappa shape index (κ2) is 8.48. The van der Waals surface area contributed by atoms with E-state index in [0.717, 1.165) is 36.8 Å². The second-order valence-corrected chi connectivity index (χ2v) is 9.35. The van der Waals surface area contributed by atoms with Crippen LogP contribution in [-0.2, 0) is 14.8 Å². The number of nitrogens with zero attached hydrogens (tertiary/aromatic N) is 1. The summed E-state index contributed by atoms with van der Waals surface area (Å²) in [5.41, 5.74) is 3.70. The first-order chi connectivity index (χ1) is 14.5. The highest BCUT2D eigenvalue weighted by Crippen LogP contribution is 2.42. The van der Waals surface area contributed by atoms with E-state index >= 15 is 0 Å². The number of nitrogens with one attached hydrogen (secondary N) is 1. The third-order valence-corrected chi connectivity index (χ3v) is 7.57. The fourth-order valence-electron chi connectivity index (χ4n) is 4.20. The molecule has 4 rings (SSSR count). The van der Waals surface area contributed by atoms with Crippen LogP contribution < -0.4 is 9.62 Å². The van der Waals surface area contributed by atoms with Gasteiger partial charge >= 0.3 is 0 Å². The number of carbonyl (C=O) groups is 1. The van der Waals surface area contributed by atoms with E-state index in [1.54, 1.807) is 13.0 Å². The molecule has 0 spiro atoms. The molecule has 1 amide bonds. The van der Waals surface area contributed by atoms with Crippen molar-refractivity contribution in [1.29, 1.82) is 0 Å². The molecule has 0 aromatic heterocycles. The summed E-state index contributed by atoms with van der Waals surface area (Å²) in [4.78, 5) is 13.1. The third kappa shape index (κ3) is 3.67. The molecule has 0 bridgehead atoms. The number of hydrogen-bond donors (Lipinski definition) is 1. The summed E-state index contributed by atoms with van der Waals surface area (Å²) in [5.74, 6) is -0.548. The molecular formula is C24H26N2O3S. The van der Waals surface area contributed by atoms with Crippen molar-refractivity contribution < 1.29 is 13.2 Å². The molecule has 0 radical (unpaired) electrons. The minimum atomic E-state index is -4.00. The van der Waals surface area contributed by atoms with Crippen LogP contribution in [0, 0.1) is 0 Å². The van der Waals surface area contributed by atoms with Gasteiger partial charge in [-0.2, -0.15) is 0 Å². The van der Waals surface area contributed by atoms with E-state index < -0.39 is 15.9 Å². The molecule has 156 valence electrons. The van der Waals surface area contributed by atoms with Gasteiger partial charge in [-0.1, -0.05) is 60.2 Å². The summed E-state index contributed by atoms with van der Waals surface area (Å²) < 4.78 is 28.5. The Balaban J connectivity index is 1.86. The average molecular weight is 423 g/mol. The topological polar surface area (TPSA) is 66.5 Å². The predicted octanol–water partition coefficient (Wildman–Crippen LogP) is 4.23. The maximum Gasteiger partial charge on any atom is 0.270 e. The fraction of sp³-hybridized carbons (Fsp3) is 0.292. The Kier molecular flexibility index (Phi) is 5.77. The highest BCUT2D eigenvalue weighted by atomic mass is 32.2. The average Bonchev–Trinajstić information content (AvgIpc) is 2.77. The number of sulfonamides is 1. The zero-order valence-electron chi connectivity index (χ0n) is 17.1. The second-order valence-electron chi connectivity index (χ2n) is 7.55. The van der Waals surface area contributed by atoms with Crippen LogP contribution in [0.4, 0.5) is 5.69 Å². The quantitative estimate of drug-likeness (QED) is 0.733. The molecular weight excluding hydrogens is 396 g/mol. The molecule has 0 saturated carbocycles. The number of benzene rings is 2. The smallest absolute Gasteiger partial charge is 0.270 e. The fourth-order valence-corrected chi connectivity index (χ4v) is 5.97. The molecule has 0 unspecified atom stereocenters. The van der Waals surface area contributed by atoms with Crippen molar-refractivity contribution in [2.24, 2.45) is 0 Å². The highest BCUT2D eigenvalue weighted by Gasteiger charge is 2.40. The first kappa shape index (κ1) is 20.4. The summed E-state index contributed by atoms with van der Waals surface area (Å²) >= 11 is 0. The molecule has 0 saturated heterocycles. The Hall–Kier alpha value is -2.86. The highest BCUT2D eigenvalue weighted by molar-refractivity contribution is 7.97. The molecule has 30 heavy (non-hydrogen) atoms. The largest absolute Gasteiger partial charge is 0.348 e. The summed E-state index contributed by atoms with van der Waals surface area (Å²) in [7, 11) is -4.00. The van der Waals surface area contributed by atoms with Gasteiger partial charge in [0.2, 0.25) is 0 Å². The minimum Gasteiger partial charge on any atom is -0.348 e. The van der Waals surface area contributed by atoms with Gasteiger partial charge < -0.3 is 5.32 Å². The Labute approximate surface area is 178 Å². The Morgan fingerprint density at radius 2 is 1.77 bits per heavy atom. The molecule has 2 aromatic carbocycles. The number of anilines is 1. The maximum atomic E-state index is 13.6. The molecule has 1 aliphatic carbocycles. The van der Waals surface area contributed by atoms with Gasteiger partial charge in [0.05, 0.1) is 5.69 Å². The molecule has 1 N–H and O–H groups in total. The van der Waals surface area contributed by atoms with Crippen molar-refractivity contribution in [3.8, 4) is 0 Å². The van der Waals surface area contributed by atoms with Crippen LogP contribution in [-0.4, -0.2) is 27.4 Å². The number of para-hydroxylation sites is 1. The van der Waals surface area contributed by atoms with Crippen molar-refractivity contribution >= 4 is 27.2 Å². The number of amides is 1. The molecule has 1 heterocycles. The van der Waals surface area contributed by atoms with Gasteiger partial charge in [0, 0.05) is 24.2 Å². The van der Waals surface area contributed by atoms with Crippen molar-refractivity contribution in [3.63, 3.8) is 0 Å². The standard InChI is InChI=1S/C24H26N2O3S/c1-2-26-21-16-10-9-15-20(21)22(19-13-7-4-8-14-19)23(30(26,28)29)24(27)25-17-18-11-5-3-6-12-18/h4,7-11,13-16H,2-3,5-6,12,17H2,1H3,(H,25,27). The van der Waals surface area contributed by atoms with Crippen LogP contribution in [0.15, 0.2) is 71.2 Å². The van der Waals surface area contributed by atoms with E-state index in [4.69, 9.17) is 0 Å². The van der Waals surface area contributed by atoms with Crippen LogP contribution in [0.5, 0.6) is 0 Å². The van der Waals surface area contributed by atoms with Crippen molar-refractivity contribution in [2.45, 2.75) is 32.6 Å². The summed E-state index contributed by atoms with van der Waals surface area (Å²) in [6, 6.07) is 16.6. The summed E-state index contributed by atoms with van der Waals surface area (Å²) in [6.45, 7) is 2.42. The monoisotopic (exact) mass is 422 g/mol. The Morgan fingerprint density at radius 1 is 1.03 bits per heavy atom. The zero-order chi connectivity index (χ0) is 21.1. The summed E-state index contributed by atoms with van der Waals surface area (Å²) in [6.07, 6.45) is 6.38. The molecule has 0 fully saturated rings. The Bertz CT molecular complexity index is 1120. The van der Waals surface area contributed by atoms with E-state index in [9.17, 15) is 13.2 Å².